The van der Waals surface area contributed by atoms with Crippen molar-refractivity contribution in [3.63, 3.8) is 0 Å². The van der Waals surface area contributed by atoms with Crippen LogP contribution in [0.3, 0.4) is 0 Å². The van der Waals surface area contributed by atoms with E-state index in [0.717, 1.165) is 35.0 Å². The van der Waals surface area contributed by atoms with Crippen molar-refractivity contribution >= 4 is 6.29 Å². The van der Waals surface area contributed by atoms with Gasteiger partial charge in [-0.1, -0.05) is 6.07 Å². The van der Waals surface area contributed by atoms with Crippen LogP contribution in [0.1, 0.15) is 38.7 Å². The topological polar surface area (TPSA) is 37.3 Å². The molecule has 0 spiro atoms. The molecule has 1 atom stereocenters. The van der Waals surface area contributed by atoms with Crippen molar-refractivity contribution in [1.82, 2.24) is 0 Å². The van der Waals surface area contributed by atoms with Gasteiger partial charge in [-0.25, -0.2) is 0 Å². The van der Waals surface area contributed by atoms with Crippen molar-refractivity contribution in [2.24, 2.45) is 0 Å². The summed E-state index contributed by atoms with van der Waals surface area (Å²) in [5.74, 6) is 0. The third-order valence-electron chi connectivity index (χ3n) is 2.83. The molecule has 1 aromatic carbocycles. The molecule has 68 valence electrons. The number of carbonyl (C=O) groups excluding carboxylic acids is 1. The molecule has 0 heterocycles. The van der Waals surface area contributed by atoms with Gasteiger partial charge in [0.15, 0.2) is 6.29 Å². The fraction of sp³-hybridized carbons (Fsp3) is 0.364. The molecule has 1 N–H and O–H groups in total. The Morgan fingerprint density at radius 2 is 2.23 bits per heavy atom. The zero-order valence-electron chi connectivity index (χ0n) is 7.79. The zero-order valence-corrected chi connectivity index (χ0v) is 7.79. The number of hydrogen-bond donors (Lipinski definition) is 1. The fourth-order valence-electron chi connectivity index (χ4n) is 2.09. The SMILES string of the molecule is Cc1cc2c(c(C)c1C=O)C(O)C2. The predicted molar refractivity (Wildman–Crippen MR) is 50.0 cm³/mol. The highest BCUT2D eigenvalue weighted by atomic mass is 16.3. The van der Waals surface area contributed by atoms with Gasteiger partial charge in [-0.15, -0.1) is 0 Å². The largest absolute Gasteiger partial charge is 0.388 e. The molecule has 0 radical (unpaired) electrons. The Hall–Kier alpha value is -1.15. The van der Waals surface area contributed by atoms with Gasteiger partial charge < -0.3 is 5.11 Å². The summed E-state index contributed by atoms with van der Waals surface area (Å²) in [7, 11) is 0. The van der Waals surface area contributed by atoms with E-state index in [4.69, 9.17) is 0 Å². The molecule has 1 aromatic rings. The van der Waals surface area contributed by atoms with Gasteiger partial charge >= 0.3 is 0 Å². The Labute approximate surface area is 77.2 Å². The second kappa shape index (κ2) is 2.67. The molecule has 0 aromatic heterocycles. The van der Waals surface area contributed by atoms with Crippen molar-refractivity contribution < 1.29 is 9.90 Å². The van der Waals surface area contributed by atoms with Crippen LogP contribution in [0.4, 0.5) is 0 Å². The molecular weight excluding hydrogens is 164 g/mol. The quantitative estimate of drug-likeness (QED) is 0.661. The highest BCUT2D eigenvalue weighted by Gasteiger charge is 2.27. The van der Waals surface area contributed by atoms with Crippen molar-refractivity contribution in [3.8, 4) is 0 Å². The van der Waals surface area contributed by atoms with E-state index >= 15 is 0 Å². The molecule has 1 unspecified atom stereocenters. The molecule has 1 aliphatic carbocycles. The minimum absolute atomic E-state index is 0.353. The summed E-state index contributed by atoms with van der Waals surface area (Å²) in [6.45, 7) is 3.83. The molecule has 2 heteroatoms. The second-order valence-corrected chi connectivity index (χ2v) is 3.64. The van der Waals surface area contributed by atoms with Crippen LogP contribution < -0.4 is 0 Å². The average Bonchev–Trinajstić information content (AvgIpc) is 2.02. The number of hydrogen-bond acceptors (Lipinski definition) is 2. The molecule has 0 amide bonds. The van der Waals surface area contributed by atoms with Gasteiger partial charge in [-0.3, -0.25) is 4.79 Å². The first kappa shape index (κ1) is 8.45. The van der Waals surface area contributed by atoms with Gasteiger partial charge in [-0.2, -0.15) is 0 Å². The summed E-state index contributed by atoms with van der Waals surface area (Å²) in [4.78, 5) is 10.8. The second-order valence-electron chi connectivity index (χ2n) is 3.64. The van der Waals surface area contributed by atoms with Gasteiger partial charge in [-0.05, 0) is 36.1 Å². The minimum Gasteiger partial charge on any atom is -0.388 e. The van der Waals surface area contributed by atoms with Gasteiger partial charge in [0.25, 0.3) is 0 Å². The Morgan fingerprint density at radius 1 is 1.54 bits per heavy atom. The number of aliphatic hydroxyl groups is 1. The van der Waals surface area contributed by atoms with Crippen LogP contribution in [0, 0.1) is 13.8 Å². The number of aliphatic hydroxyl groups excluding tert-OH is 1. The van der Waals surface area contributed by atoms with Crippen LogP contribution in [-0.4, -0.2) is 11.4 Å². The van der Waals surface area contributed by atoms with Crippen LogP contribution in [0.5, 0.6) is 0 Å². The molecule has 2 nitrogen and oxygen atoms in total. The average molecular weight is 176 g/mol. The Morgan fingerprint density at radius 3 is 2.77 bits per heavy atom. The van der Waals surface area contributed by atoms with Gasteiger partial charge in [0.05, 0.1) is 6.10 Å². The van der Waals surface area contributed by atoms with E-state index in [-0.39, 0.29) is 6.10 Å². The summed E-state index contributed by atoms with van der Waals surface area (Å²) in [5.41, 5.74) is 4.85. The molecule has 2 rings (SSSR count). The molecule has 0 aliphatic heterocycles. The maximum Gasteiger partial charge on any atom is 0.150 e. The Bertz CT molecular complexity index is 380. The highest BCUT2D eigenvalue weighted by molar-refractivity contribution is 5.81. The predicted octanol–water partition coefficient (Wildman–Crippen LogP) is 1.71. The van der Waals surface area contributed by atoms with Crippen LogP contribution in [0.15, 0.2) is 6.07 Å². The van der Waals surface area contributed by atoms with Crippen LogP contribution in [0.2, 0.25) is 0 Å². The number of fused-ring (bicyclic) bond motifs is 1. The van der Waals surface area contributed by atoms with E-state index in [0.29, 0.717) is 0 Å². The Kier molecular flexibility index (Phi) is 1.74. The summed E-state index contributed by atoms with van der Waals surface area (Å²) in [5, 5.41) is 9.48. The van der Waals surface area contributed by atoms with Crippen molar-refractivity contribution in [1.29, 1.82) is 0 Å². The normalized spacial score (nSPS) is 19.2. The van der Waals surface area contributed by atoms with E-state index in [1.54, 1.807) is 0 Å². The van der Waals surface area contributed by atoms with Gasteiger partial charge in [0, 0.05) is 12.0 Å². The molecule has 0 fully saturated rings. The zero-order chi connectivity index (χ0) is 9.59. The van der Waals surface area contributed by atoms with E-state index in [1.807, 2.05) is 19.9 Å². The highest BCUT2D eigenvalue weighted by Crippen LogP contribution is 2.37. The summed E-state index contributed by atoms with van der Waals surface area (Å²) >= 11 is 0. The lowest BCUT2D eigenvalue weighted by atomic mass is 9.79. The molecule has 0 saturated heterocycles. The van der Waals surface area contributed by atoms with Crippen LogP contribution in [0.25, 0.3) is 0 Å². The van der Waals surface area contributed by atoms with E-state index in [9.17, 15) is 9.90 Å². The number of carbonyl (C=O) groups is 1. The van der Waals surface area contributed by atoms with Gasteiger partial charge in [0.1, 0.15) is 0 Å². The fourth-order valence-corrected chi connectivity index (χ4v) is 2.09. The van der Waals surface area contributed by atoms with Gasteiger partial charge in [0.2, 0.25) is 0 Å². The molecule has 0 saturated carbocycles. The lowest BCUT2D eigenvalue weighted by molar-refractivity contribution is 0.112. The monoisotopic (exact) mass is 176 g/mol. The third kappa shape index (κ3) is 1.02. The van der Waals surface area contributed by atoms with Crippen LogP contribution >= 0.6 is 0 Å². The van der Waals surface area contributed by atoms with Crippen molar-refractivity contribution in [2.75, 3.05) is 0 Å². The number of rotatable bonds is 1. The standard InChI is InChI=1S/C11H12O2/c1-6-3-8-4-10(13)11(8)7(2)9(6)5-12/h3,5,10,13H,4H2,1-2H3. The Balaban J connectivity index is 2.68. The first-order valence-corrected chi connectivity index (χ1v) is 4.41. The van der Waals surface area contributed by atoms with Crippen molar-refractivity contribution in [2.45, 2.75) is 26.4 Å². The summed E-state index contributed by atoms with van der Waals surface area (Å²) in [6, 6.07) is 2.00. The summed E-state index contributed by atoms with van der Waals surface area (Å²) in [6.07, 6.45) is 1.25. The first-order valence-electron chi connectivity index (χ1n) is 4.41. The molecule has 13 heavy (non-hydrogen) atoms. The maximum absolute atomic E-state index is 10.8. The smallest absolute Gasteiger partial charge is 0.150 e. The minimum atomic E-state index is -0.353. The number of aryl methyl sites for hydroxylation is 1. The molecular formula is C11H12O2. The van der Waals surface area contributed by atoms with Crippen molar-refractivity contribution in [3.05, 3.63) is 33.9 Å². The van der Waals surface area contributed by atoms with Crippen LogP contribution in [-0.2, 0) is 6.42 Å². The van der Waals surface area contributed by atoms with E-state index in [2.05, 4.69) is 0 Å². The number of aldehydes is 1. The lowest BCUT2D eigenvalue weighted by Gasteiger charge is -2.29. The molecule has 0 bridgehead atoms. The lowest BCUT2D eigenvalue weighted by Crippen LogP contribution is -2.20. The first-order chi connectivity index (χ1) is 6.15. The van der Waals surface area contributed by atoms with E-state index < -0.39 is 0 Å². The number of benzene rings is 1. The maximum atomic E-state index is 10.8. The van der Waals surface area contributed by atoms with E-state index in [1.165, 1.54) is 5.56 Å². The third-order valence-corrected chi connectivity index (χ3v) is 2.83. The summed E-state index contributed by atoms with van der Waals surface area (Å²) < 4.78 is 0. The molecule has 1 aliphatic rings.